The SMILES string of the molecule is [CH2-][NH+]1CCC[C@@H](OC(C)C)C1.[CH2-][NH+]1CCC[C@@H](OC)C1.[CH2-][NH+]1CCC[C@@H](OCC)C1.[CH2-][NH+]1CCC[C@@H](OCCC)C1. The van der Waals surface area contributed by atoms with Crippen LogP contribution in [0.1, 0.15) is 85.5 Å². The van der Waals surface area contributed by atoms with Gasteiger partial charge in [0.1, 0.15) is 24.4 Å². The molecule has 0 aromatic heterocycles. The molecular formula is C33H70N4O4. The molecule has 41 heavy (non-hydrogen) atoms. The lowest BCUT2D eigenvalue weighted by molar-refractivity contribution is -0.863. The summed E-state index contributed by atoms with van der Waals surface area (Å²) in [4.78, 5) is 5.46. The number of rotatable bonds is 8. The summed E-state index contributed by atoms with van der Waals surface area (Å²) < 4.78 is 22.0. The number of quaternary nitrogens is 4. The average molecular weight is 587 g/mol. The van der Waals surface area contributed by atoms with Crippen molar-refractivity contribution in [2.75, 3.05) is 72.7 Å². The molecule has 0 saturated carbocycles. The lowest BCUT2D eigenvalue weighted by Gasteiger charge is -2.32. The second kappa shape index (κ2) is 24.1. The summed E-state index contributed by atoms with van der Waals surface area (Å²) >= 11 is 0. The van der Waals surface area contributed by atoms with E-state index in [-0.39, 0.29) is 0 Å². The van der Waals surface area contributed by atoms with Gasteiger partial charge in [-0.05, 0) is 78.6 Å². The van der Waals surface area contributed by atoms with Crippen LogP contribution in [0.5, 0.6) is 0 Å². The highest BCUT2D eigenvalue weighted by Crippen LogP contribution is 2.06. The number of hydrogen-bond acceptors (Lipinski definition) is 4. The van der Waals surface area contributed by atoms with E-state index in [2.05, 4.69) is 55.9 Å². The topological polar surface area (TPSA) is 54.7 Å². The summed E-state index contributed by atoms with van der Waals surface area (Å²) in [7, 11) is 17.7. The number of hydrogen-bond donors (Lipinski definition) is 4. The van der Waals surface area contributed by atoms with Gasteiger partial charge < -0.3 is 38.5 Å². The lowest BCUT2D eigenvalue weighted by atomic mass is 10.1. The van der Waals surface area contributed by atoms with Crippen LogP contribution in [0, 0.1) is 28.2 Å². The fourth-order valence-electron chi connectivity index (χ4n) is 5.93. The summed E-state index contributed by atoms with van der Waals surface area (Å²) in [6.07, 6.45) is 13.3. The second-order valence-electron chi connectivity index (χ2n) is 12.6. The molecule has 8 atom stereocenters. The van der Waals surface area contributed by atoms with Gasteiger partial charge >= 0.3 is 0 Å². The van der Waals surface area contributed by atoms with Gasteiger partial charge in [0.05, 0.1) is 58.5 Å². The molecule has 0 aliphatic carbocycles. The van der Waals surface area contributed by atoms with Gasteiger partial charge in [-0.3, -0.25) is 0 Å². The average Bonchev–Trinajstić information content (AvgIpc) is 2.93. The van der Waals surface area contributed by atoms with Crippen LogP contribution in [0.2, 0.25) is 0 Å². The van der Waals surface area contributed by atoms with Crippen molar-refractivity contribution in [1.29, 1.82) is 0 Å². The molecule has 4 N–H and O–H groups in total. The predicted molar refractivity (Wildman–Crippen MR) is 167 cm³/mol. The van der Waals surface area contributed by atoms with Crippen LogP contribution < -0.4 is 19.6 Å². The Morgan fingerprint density at radius 1 is 0.610 bits per heavy atom. The van der Waals surface area contributed by atoms with Crippen LogP contribution in [0.15, 0.2) is 0 Å². The fourth-order valence-corrected chi connectivity index (χ4v) is 5.93. The van der Waals surface area contributed by atoms with Crippen molar-refractivity contribution < 1.29 is 38.5 Å². The highest BCUT2D eigenvalue weighted by molar-refractivity contribution is 4.62. The third-order valence-electron chi connectivity index (χ3n) is 8.05. The van der Waals surface area contributed by atoms with Crippen LogP contribution in [-0.2, 0) is 18.9 Å². The minimum absolute atomic E-state index is 0.367. The van der Waals surface area contributed by atoms with Gasteiger partial charge in [0.2, 0.25) is 0 Å². The maximum absolute atomic E-state index is 5.70. The molecule has 8 heteroatoms. The molecule has 246 valence electrons. The Labute approximate surface area is 255 Å². The summed E-state index contributed by atoms with van der Waals surface area (Å²) in [5.41, 5.74) is 0. The first-order valence-electron chi connectivity index (χ1n) is 16.7. The number of piperidine rings is 4. The monoisotopic (exact) mass is 587 g/mol. The summed E-state index contributed by atoms with van der Waals surface area (Å²) in [5.74, 6) is 0. The zero-order chi connectivity index (χ0) is 30.5. The Morgan fingerprint density at radius 3 is 1.37 bits per heavy atom. The second-order valence-corrected chi connectivity index (χ2v) is 12.6. The van der Waals surface area contributed by atoms with Crippen molar-refractivity contribution in [3.63, 3.8) is 0 Å². The first kappa shape index (κ1) is 38.7. The molecule has 0 amide bonds. The van der Waals surface area contributed by atoms with E-state index in [1.807, 2.05) is 0 Å². The van der Waals surface area contributed by atoms with Gasteiger partial charge in [0, 0.05) is 20.3 Å². The Kier molecular flexibility index (Phi) is 22.7. The van der Waals surface area contributed by atoms with Gasteiger partial charge in [-0.1, -0.05) is 6.92 Å². The maximum Gasteiger partial charge on any atom is 0.105 e. The van der Waals surface area contributed by atoms with Crippen LogP contribution in [-0.4, -0.2) is 103 Å². The van der Waals surface area contributed by atoms with E-state index in [1.165, 1.54) is 97.1 Å². The molecule has 0 spiro atoms. The minimum Gasteiger partial charge on any atom is -0.466 e. The molecule has 4 unspecified atom stereocenters. The number of methoxy groups -OCH3 is 1. The van der Waals surface area contributed by atoms with Gasteiger partial charge in [-0.25, -0.2) is 0 Å². The van der Waals surface area contributed by atoms with E-state index in [9.17, 15) is 0 Å². The normalized spacial score (nSPS) is 33.8. The van der Waals surface area contributed by atoms with Gasteiger partial charge in [0.15, 0.2) is 0 Å². The van der Waals surface area contributed by atoms with E-state index >= 15 is 0 Å². The van der Waals surface area contributed by atoms with Crippen molar-refractivity contribution in [3.8, 4) is 0 Å². The molecule has 4 saturated heterocycles. The molecule has 0 radical (unpaired) electrons. The lowest BCUT2D eigenvalue weighted by Crippen LogP contribution is -3.09. The number of nitrogens with one attached hydrogen (secondary N) is 4. The fraction of sp³-hybridized carbons (Fsp3) is 0.879. The van der Waals surface area contributed by atoms with E-state index in [1.54, 1.807) is 7.11 Å². The molecule has 4 aliphatic rings. The largest absolute Gasteiger partial charge is 0.466 e. The van der Waals surface area contributed by atoms with Crippen LogP contribution in [0.4, 0.5) is 0 Å². The third kappa shape index (κ3) is 20.3. The van der Waals surface area contributed by atoms with Gasteiger partial charge in [0.25, 0.3) is 0 Å². The first-order chi connectivity index (χ1) is 19.7. The van der Waals surface area contributed by atoms with Crippen LogP contribution in [0.25, 0.3) is 0 Å². The molecule has 0 aromatic rings. The van der Waals surface area contributed by atoms with Crippen molar-refractivity contribution in [3.05, 3.63) is 28.2 Å². The third-order valence-corrected chi connectivity index (χ3v) is 8.05. The Hall–Kier alpha value is -0.320. The zero-order valence-electron chi connectivity index (χ0n) is 27.8. The van der Waals surface area contributed by atoms with Crippen LogP contribution in [0.3, 0.4) is 0 Å². The predicted octanol–water partition coefficient (Wildman–Crippen LogP) is -0.164. The van der Waals surface area contributed by atoms with Crippen molar-refractivity contribution in [1.82, 2.24) is 0 Å². The summed E-state index contributed by atoms with van der Waals surface area (Å²) in [6.45, 7) is 19.3. The zero-order valence-corrected chi connectivity index (χ0v) is 27.8. The summed E-state index contributed by atoms with van der Waals surface area (Å²) in [5, 5.41) is 0. The Balaban J connectivity index is 0.000000274. The molecular weight excluding hydrogens is 516 g/mol. The Bertz CT molecular complexity index is 596. The van der Waals surface area contributed by atoms with Gasteiger partial charge in [-0.2, -0.15) is 28.2 Å². The number of ether oxygens (including phenoxy) is 4. The van der Waals surface area contributed by atoms with Crippen LogP contribution >= 0.6 is 0 Å². The number of likely N-dealkylation sites (tertiary alicyclic amines) is 4. The van der Waals surface area contributed by atoms with E-state index in [4.69, 9.17) is 18.9 Å². The molecule has 4 heterocycles. The molecule has 0 aromatic carbocycles. The summed E-state index contributed by atoms with van der Waals surface area (Å²) in [6, 6.07) is 0. The molecule has 4 aliphatic heterocycles. The smallest absolute Gasteiger partial charge is 0.105 e. The highest BCUT2D eigenvalue weighted by atomic mass is 16.5. The van der Waals surface area contributed by atoms with Crippen molar-refractivity contribution >= 4 is 0 Å². The van der Waals surface area contributed by atoms with E-state index in [0.29, 0.717) is 30.5 Å². The van der Waals surface area contributed by atoms with Gasteiger partial charge in [-0.15, -0.1) is 0 Å². The maximum atomic E-state index is 5.70. The van der Waals surface area contributed by atoms with E-state index in [0.717, 1.165) is 45.8 Å². The molecule has 4 fully saturated rings. The quantitative estimate of drug-likeness (QED) is 0.299. The minimum atomic E-state index is 0.367. The highest BCUT2D eigenvalue weighted by Gasteiger charge is 2.19. The van der Waals surface area contributed by atoms with Crippen molar-refractivity contribution in [2.24, 2.45) is 0 Å². The molecule has 0 bridgehead atoms. The standard InChI is InChI=1S/2C9H19NO.C8H17NO.C7H15NO/c1-8(2)11-9-5-4-6-10(3)7-9;1-3-7-11-9-5-4-6-10(2)8-9;1-3-10-8-5-4-6-9(2)7-8;1-8-5-3-4-7(6-8)9-2/h8-10H,3-7H2,1-2H3;9-10H,2-8H2,1H3;8-9H,2-7H2,1H3;7-8H,1,3-6H2,2H3/t2*9-;8-;7-/m1111/s1. The first-order valence-corrected chi connectivity index (χ1v) is 16.7. The van der Waals surface area contributed by atoms with E-state index < -0.39 is 0 Å². The Morgan fingerprint density at radius 2 is 1.00 bits per heavy atom. The molecule has 4 rings (SSSR count). The molecule has 8 nitrogen and oxygen atoms in total. The van der Waals surface area contributed by atoms with Crippen molar-refractivity contribution in [2.45, 2.75) is 116 Å².